The van der Waals surface area contributed by atoms with Crippen LogP contribution in [0, 0.1) is 11.3 Å². The van der Waals surface area contributed by atoms with Crippen molar-refractivity contribution < 1.29 is 0 Å². The molecule has 0 amide bonds. The second-order valence-electron chi connectivity index (χ2n) is 6.29. The van der Waals surface area contributed by atoms with E-state index in [4.69, 9.17) is 11.6 Å². The summed E-state index contributed by atoms with van der Waals surface area (Å²) in [6.07, 6.45) is 6.91. The van der Waals surface area contributed by atoms with E-state index in [0.29, 0.717) is 11.3 Å². The first kappa shape index (κ1) is 13.5. The van der Waals surface area contributed by atoms with Crippen LogP contribution in [0.4, 0.5) is 0 Å². The van der Waals surface area contributed by atoms with Crippen LogP contribution in [-0.4, -0.2) is 13.1 Å². The van der Waals surface area contributed by atoms with E-state index in [9.17, 15) is 0 Å². The average Bonchev–Trinajstić information content (AvgIpc) is 2.82. The lowest BCUT2D eigenvalue weighted by atomic mass is 9.61. The molecule has 1 saturated carbocycles. The fraction of sp³-hybridized carbons (Fsp3) is 0.647. The topological polar surface area (TPSA) is 12.0 Å². The van der Waals surface area contributed by atoms with Crippen LogP contribution >= 0.6 is 11.6 Å². The molecule has 1 nitrogen and oxygen atoms in total. The van der Waals surface area contributed by atoms with Crippen molar-refractivity contribution >= 4 is 11.6 Å². The number of nitrogens with one attached hydrogen (secondary N) is 1. The molecule has 1 aromatic carbocycles. The molecule has 0 radical (unpaired) electrons. The fourth-order valence-electron chi connectivity index (χ4n) is 4.69. The van der Waals surface area contributed by atoms with Gasteiger partial charge in [-0.1, -0.05) is 43.5 Å². The minimum absolute atomic E-state index is 0.532. The quantitative estimate of drug-likeness (QED) is 0.832. The van der Waals surface area contributed by atoms with Crippen LogP contribution in [0.5, 0.6) is 0 Å². The third-order valence-electron chi connectivity index (χ3n) is 5.56. The summed E-state index contributed by atoms with van der Waals surface area (Å²) in [6, 6.07) is 8.55. The van der Waals surface area contributed by atoms with Crippen molar-refractivity contribution in [2.45, 2.75) is 44.9 Å². The molecule has 1 heterocycles. The molecule has 0 aromatic heterocycles. The molecule has 2 aliphatic rings. The van der Waals surface area contributed by atoms with Crippen molar-refractivity contribution in [2.24, 2.45) is 11.3 Å². The standard InChI is InChI=1S/C17H24ClN/c1-2-14-6-4-8-17(14)9-10-19-12-16(17)13-5-3-7-15(18)11-13/h3,5,7,11,14,16,19H,2,4,6,8-10,12H2,1H3. The van der Waals surface area contributed by atoms with Crippen LogP contribution in [0.15, 0.2) is 24.3 Å². The molecule has 1 saturated heterocycles. The van der Waals surface area contributed by atoms with Gasteiger partial charge in [0, 0.05) is 17.5 Å². The monoisotopic (exact) mass is 277 g/mol. The molecule has 104 valence electrons. The van der Waals surface area contributed by atoms with Crippen LogP contribution in [0.1, 0.15) is 50.5 Å². The first-order valence-electron chi connectivity index (χ1n) is 7.72. The average molecular weight is 278 g/mol. The van der Waals surface area contributed by atoms with E-state index in [1.54, 1.807) is 0 Å². The maximum absolute atomic E-state index is 6.21. The van der Waals surface area contributed by atoms with Gasteiger partial charge in [-0.05, 0) is 54.8 Å². The Balaban J connectivity index is 1.97. The molecule has 2 heteroatoms. The molecular formula is C17H24ClN. The third kappa shape index (κ3) is 2.32. The highest BCUT2D eigenvalue weighted by Gasteiger charge is 2.48. The summed E-state index contributed by atoms with van der Waals surface area (Å²) in [5.74, 6) is 1.55. The second kappa shape index (κ2) is 5.46. The first-order chi connectivity index (χ1) is 9.26. The summed E-state index contributed by atoms with van der Waals surface area (Å²) in [4.78, 5) is 0. The van der Waals surface area contributed by atoms with Crippen molar-refractivity contribution in [3.63, 3.8) is 0 Å². The summed E-state index contributed by atoms with van der Waals surface area (Å²) in [5, 5.41) is 4.48. The van der Waals surface area contributed by atoms with Crippen molar-refractivity contribution in [3.05, 3.63) is 34.9 Å². The Morgan fingerprint density at radius 1 is 1.37 bits per heavy atom. The molecule has 1 spiro atoms. The molecule has 1 aromatic rings. The Labute approximate surface area is 121 Å². The summed E-state index contributed by atoms with van der Waals surface area (Å²) in [5.41, 5.74) is 1.98. The van der Waals surface area contributed by atoms with Crippen molar-refractivity contribution in [1.82, 2.24) is 5.32 Å². The third-order valence-corrected chi connectivity index (χ3v) is 5.80. The van der Waals surface area contributed by atoms with Crippen LogP contribution in [-0.2, 0) is 0 Å². The summed E-state index contributed by atoms with van der Waals surface area (Å²) in [6.45, 7) is 4.68. The van der Waals surface area contributed by atoms with Crippen LogP contribution in [0.2, 0.25) is 5.02 Å². The van der Waals surface area contributed by atoms with Gasteiger partial charge in [0.1, 0.15) is 0 Å². The van der Waals surface area contributed by atoms with Gasteiger partial charge in [-0.3, -0.25) is 0 Å². The van der Waals surface area contributed by atoms with Gasteiger partial charge in [0.25, 0.3) is 0 Å². The lowest BCUT2D eigenvalue weighted by molar-refractivity contribution is 0.103. The molecule has 3 unspecified atom stereocenters. The van der Waals surface area contributed by atoms with Crippen molar-refractivity contribution in [1.29, 1.82) is 0 Å². The van der Waals surface area contributed by atoms with E-state index >= 15 is 0 Å². The van der Waals surface area contributed by atoms with Gasteiger partial charge in [-0.2, -0.15) is 0 Å². The zero-order valence-corrected chi connectivity index (χ0v) is 12.5. The molecule has 1 aliphatic carbocycles. The number of halogens is 1. The van der Waals surface area contributed by atoms with Gasteiger partial charge in [0.2, 0.25) is 0 Å². The molecule has 0 bridgehead atoms. The first-order valence-corrected chi connectivity index (χ1v) is 8.10. The molecule has 19 heavy (non-hydrogen) atoms. The second-order valence-corrected chi connectivity index (χ2v) is 6.73. The van der Waals surface area contributed by atoms with E-state index in [1.807, 2.05) is 6.07 Å². The molecular weight excluding hydrogens is 254 g/mol. The van der Waals surface area contributed by atoms with Crippen LogP contribution < -0.4 is 5.32 Å². The number of hydrogen-bond donors (Lipinski definition) is 1. The van der Waals surface area contributed by atoms with Gasteiger partial charge in [-0.15, -0.1) is 0 Å². The zero-order valence-electron chi connectivity index (χ0n) is 11.8. The van der Waals surface area contributed by atoms with E-state index < -0.39 is 0 Å². The smallest absolute Gasteiger partial charge is 0.0408 e. The van der Waals surface area contributed by atoms with Gasteiger partial charge in [-0.25, -0.2) is 0 Å². The van der Waals surface area contributed by atoms with Crippen molar-refractivity contribution in [3.8, 4) is 0 Å². The lowest BCUT2D eigenvalue weighted by Gasteiger charge is -2.46. The zero-order chi connectivity index (χ0) is 13.3. The number of piperidine rings is 1. The highest BCUT2D eigenvalue weighted by atomic mass is 35.5. The van der Waals surface area contributed by atoms with Gasteiger partial charge in [0.15, 0.2) is 0 Å². The molecule has 2 fully saturated rings. The Morgan fingerprint density at radius 2 is 2.26 bits per heavy atom. The maximum Gasteiger partial charge on any atom is 0.0408 e. The highest BCUT2D eigenvalue weighted by molar-refractivity contribution is 6.30. The largest absolute Gasteiger partial charge is 0.316 e. The predicted molar refractivity (Wildman–Crippen MR) is 81.7 cm³/mol. The Hall–Kier alpha value is -0.530. The van der Waals surface area contributed by atoms with E-state index in [-0.39, 0.29) is 0 Å². The normalized spacial score (nSPS) is 34.8. The van der Waals surface area contributed by atoms with E-state index in [1.165, 1.54) is 44.2 Å². The minimum atomic E-state index is 0.532. The van der Waals surface area contributed by atoms with E-state index in [0.717, 1.165) is 17.5 Å². The number of rotatable bonds is 2. The van der Waals surface area contributed by atoms with E-state index in [2.05, 4.69) is 30.4 Å². The Kier molecular flexibility index (Phi) is 3.86. The van der Waals surface area contributed by atoms with Crippen LogP contribution in [0.3, 0.4) is 0 Å². The molecule has 3 rings (SSSR count). The Bertz CT molecular complexity index is 445. The summed E-state index contributed by atoms with van der Waals surface area (Å²) < 4.78 is 0. The summed E-state index contributed by atoms with van der Waals surface area (Å²) in [7, 11) is 0. The lowest BCUT2D eigenvalue weighted by Crippen LogP contribution is -2.45. The highest BCUT2D eigenvalue weighted by Crippen LogP contribution is 2.56. The Morgan fingerprint density at radius 3 is 3.05 bits per heavy atom. The number of benzene rings is 1. The minimum Gasteiger partial charge on any atom is -0.316 e. The predicted octanol–water partition coefficient (Wildman–Crippen LogP) is 4.61. The molecule has 1 aliphatic heterocycles. The van der Waals surface area contributed by atoms with Gasteiger partial charge in [0.05, 0.1) is 0 Å². The molecule has 1 N–H and O–H groups in total. The fourth-order valence-corrected chi connectivity index (χ4v) is 4.88. The van der Waals surface area contributed by atoms with Crippen LogP contribution in [0.25, 0.3) is 0 Å². The maximum atomic E-state index is 6.21. The molecule has 3 atom stereocenters. The number of hydrogen-bond acceptors (Lipinski definition) is 1. The SMILES string of the molecule is CCC1CCCC12CCNCC2c1cccc(Cl)c1. The van der Waals surface area contributed by atoms with Crippen molar-refractivity contribution in [2.75, 3.05) is 13.1 Å². The van der Waals surface area contributed by atoms with Gasteiger partial charge >= 0.3 is 0 Å². The van der Waals surface area contributed by atoms with Gasteiger partial charge < -0.3 is 5.32 Å². The summed E-state index contributed by atoms with van der Waals surface area (Å²) >= 11 is 6.21.